The summed E-state index contributed by atoms with van der Waals surface area (Å²) < 4.78 is 0. The molecule has 150 valence electrons. The molecule has 2 heterocycles. The molecule has 1 N–H and O–H groups in total. The van der Waals surface area contributed by atoms with Crippen molar-refractivity contribution >= 4 is 41.0 Å². The summed E-state index contributed by atoms with van der Waals surface area (Å²) in [7, 11) is 0. The Morgan fingerprint density at radius 2 is 1.89 bits per heavy atom. The second kappa shape index (κ2) is 10.1. The highest BCUT2D eigenvalue weighted by molar-refractivity contribution is 7.99. The third-order valence-electron chi connectivity index (χ3n) is 4.64. The molecule has 2 rings (SSSR count). The number of hydrogen-bond donors (Lipinski definition) is 1. The number of hydrogen-bond acceptors (Lipinski definition) is 6. The van der Waals surface area contributed by atoms with Crippen LogP contribution in [0.2, 0.25) is 5.15 Å². The van der Waals surface area contributed by atoms with Crippen LogP contribution in [0.3, 0.4) is 0 Å². The van der Waals surface area contributed by atoms with Crippen molar-refractivity contribution in [1.29, 1.82) is 0 Å². The first-order chi connectivity index (χ1) is 12.8. The number of rotatable bonds is 7. The Balaban J connectivity index is 1.94. The van der Waals surface area contributed by atoms with E-state index in [0.717, 1.165) is 5.82 Å². The molecule has 0 radical (unpaired) electrons. The molecule has 2 amide bonds. The van der Waals surface area contributed by atoms with Crippen LogP contribution in [0.15, 0.2) is 11.2 Å². The van der Waals surface area contributed by atoms with E-state index in [1.165, 1.54) is 11.8 Å². The molecule has 1 aliphatic rings. The highest BCUT2D eigenvalue weighted by Gasteiger charge is 2.22. The number of aromatic nitrogens is 2. The van der Waals surface area contributed by atoms with Crippen molar-refractivity contribution in [2.24, 2.45) is 5.92 Å². The summed E-state index contributed by atoms with van der Waals surface area (Å²) in [5.41, 5.74) is 0. The van der Waals surface area contributed by atoms with E-state index in [1.54, 1.807) is 6.07 Å². The lowest BCUT2D eigenvalue weighted by atomic mass is 10.1. The van der Waals surface area contributed by atoms with Gasteiger partial charge in [-0.1, -0.05) is 44.1 Å². The van der Waals surface area contributed by atoms with Gasteiger partial charge in [0.2, 0.25) is 11.8 Å². The molecule has 1 fully saturated rings. The van der Waals surface area contributed by atoms with E-state index in [2.05, 4.69) is 34.0 Å². The minimum absolute atomic E-state index is 0.0435. The summed E-state index contributed by atoms with van der Waals surface area (Å²) in [5.74, 6) is 1.49. The average Bonchev–Trinajstić information content (AvgIpc) is 2.65. The van der Waals surface area contributed by atoms with Gasteiger partial charge in [-0.3, -0.25) is 9.59 Å². The van der Waals surface area contributed by atoms with E-state index in [-0.39, 0.29) is 23.6 Å². The zero-order valence-corrected chi connectivity index (χ0v) is 17.9. The third-order valence-corrected chi connectivity index (χ3v) is 5.68. The van der Waals surface area contributed by atoms with Crippen LogP contribution in [-0.2, 0) is 9.59 Å². The van der Waals surface area contributed by atoms with E-state index in [9.17, 15) is 9.59 Å². The highest BCUT2D eigenvalue weighted by Crippen LogP contribution is 2.23. The fourth-order valence-electron chi connectivity index (χ4n) is 2.61. The number of anilines is 1. The highest BCUT2D eigenvalue weighted by atomic mass is 35.5. The Kier molecular flexibility index (Phi) is 8.16. The topological polar surface area (TPSA) is 78.4 Å². The molecule has 0 aliphatic carbocycles. The number of nitrogens with zero attached hydrogens (tertiary/aromatic N) is 4. The van der Waals surface area contributed by atoms with Crippen molar-refractivity contribution in [3.05, 3.63) is 11.2 Å². The molecule has 7 nitrogen and oxygen atoms in total. The van der Waals surface area contributed by atoms with E-state index >= 15 is 0 Å². The van der Waals surface area contributed by atoms with Gasteiger partial charge in [0.05, 0.1) is 5.75 Å². The van der Waals surface area contributed by atoms with Crippen LogP contribution in [0.5, 0.6) is 0 Å². The molecule has 1 aromatic rings. The van der Waals surface area contributed by atoms with Gasteiger partial charge in [-0.15, -0.1) is 0 Å². The van der Waals surface area contributed by atoms with E-state index in [1.807, 2.05) is 18.7 Å². The zero-order valence-electron chi connectivity index (χ0n) is 16.4. The quantitative estimate of drug-likeness (QED) is 0.420. The average molecular weight is 414 g/mol. The summed E-state index contributed by atoms with van der Waals surface area (Å²) in [4.78, 5) is 36.6. The molecule has 1 aromatic heterocycles. The van der Waals surface area contributed by atoms with Gasteiger partial charge in [0.15, 0.2) is 5.16 Å². The first-order valence-electron chi connectivity index (χ1n) is 9.29. The Morgan fingerprint density at radius 1 is 1.22 bits per heavy atom. The first kappa shape index (κ1) is 21.8. The van der Waals surface area contributed by atoms with Crippen LogP contribution in [0.4, 0.5) is 5.82 Å². The fraction of sp³-hybridized carbons (Fsp3) is 0.667. The molecule has 0 aromatic carbocycles. The summed E-state index contributed by atoms with van der Waals surface area (Å²) >= 11 is 7.43. The number of amides is 2. The molecular formula is C18H28ClN5O2S. The maximum atomic E-state index is 12.1. The molecule has 9 heteroatoms. The van der Waals surface area contributed by atoms with Crippen molar-refractivity contribution in [3.63, 3.8) is 0 Å². The van der Waals surface area contributed by atoms with Crippen LogP contribution in [0.25, 0.3) is 0 Å². The Hall–Kier alpha value is -1.54. The van der Waals surface area contributed by atoms with Crippen LogP contribution in [0, 0.1) is 5.92 Å². The molecule has 1 atom stereocenters. The first-order valence-corrected chi connectivity index (χ1v) is 10.7. The molecule has 27 heavy (non-hydrogen) atoms. The van der Waals surface area contributed by atoms with Gasteiger partial charge >= 0.3 is 0 Å². The lowest BCUT2D eigenvalue weighted by molar-refractivity contribution is -0.131. The van der Waals surface area contributed by atoms with Crippen LogP contribution in [-0.4, -0.2) is 64.7 Å². The number of halogens is 1. The van der Waals surface area contributed by atoms with Gasteiger partial charge in [0, 0.05) is 44.7 Å². The van der Waals surface area contributed by atoms with Crippen molar-refractivity contribution in [2.75, 3.05) is 36.8 Å². The van der Waals surface area contributed by atoms with Gasteiger partial charge in [-0.05, 0) is 12.8 Å². The smallest absolute Gasteiger partial charge is 0.230 e. The maximum absolute atomic E-state index is 12.1. The second-order valence-corrected chi connectivity index (χ2v) is 8.27. The van der Waals surface area contributed by atoms with E-state index in [4.69, 9.17) is 11.6 Å². The summed E-state index contributed by atoms with van der Waals surface area (Å²) in [5, 5.41) is 3.80. The predicted molar refractivity (Wildman–Crippen MR) is 109 cm³/mol. The van der Waals surface area contributed by atoms with E-state index < -0.39 is 0 Å². The Bertz CT molecular complexity index is 665. The molecule has 1 saturated heterocycles. The van der Waals surface area contributed by atoms with Crippen molar-refractivity contribution in [3.8, 4) is 0 Å². The molecule has 0 unspecified atom stereocenters. The van der Waals surface area contributed by atoms with Gasteiger partial charge < -0.3 is 15.1 Å². The van der Waals surface area contributed by atoms with Crippen molar-refractivity contribution in [1.82, 2.24) is 20.2 Å². The number of carbonyl (C=O) groups is 2. The van der Waals surface area contributed by atoms with Gasteiger partial charge in [0.1, 0.15) is 11.0 Å². The van der Waals surface area contributed by atoms with Crippen LogP contribution >= 0.6 is 23.4 Å². The second-order valence-electron chi connectivity index (χ2n) is 6.94. The van der Waals surface area contributed by atoms with Gasteiger partial charge in [0.25, 0.3) is 0 Å². The summed E-state index contributed by atoms with van der Waals surface area (Å²) in [6.07, 6.45) is 0.525. The minimum Gasteiger partial charge on any atom is -0.353 e. The van der Waals surface area contributed by atoms with Crippen molar-refractivity contribution < 1.29 is 9.59 Å². The Morgan fingerprint density at radius 3 is 2.48 bits per heavy atom. The van der Waals surface area contributed by atoms with Crippen molar-refractivity contribution in [2.45, 2.75) is 45.3 Å². The van der Waals surface area contributed by atoms with Gasteiger partial charge in [-0.2, -0.15) is 0 Å². The number of piperazine rings is 1. The molecule has 1 aliphatic heterocycles. The SMILES string of the molecule is CCC(=O)N1CCN(c2cc(Cl)nc(SCC(=O)N[C@H](C)C(C)C)n2)CC1. The minimum atomic E-state index is -0.0435. The fourth-order valence-corrected chi connectivity index (χ4v) is 3.51. The largest absolute Gasteiger partial charge is 0.353 e. The number of nitrogens with one attached hydrogen (secondary N) is 1. The molecule has 0 spiro atoms. The summed E-state index contributed by atoms with van der Waals surface area (Å²) in [6, 6.07) is 1.85. The lowest BCUT2D eigenvalue weighted by Gasteiger charge is -2.35. The molecule has 0 saturated carbocycles. The van der Waals surface area contributed by atoms with Gasteiger partial charge in [-0.25, -0.2) is 9.97 Å². The normalized spacial score (nSPS) is 15.8. The van der Waals surface area contributed by atoms with E-state index in [0.29, 0.717) is 48.8 Å². The Labute approximate surface area is 170 Å². The van der Waals surface area contributed by atoms with Crippen LogP contribution in [0.1, 0.15) is 34.1 Å². The number of thioether (sulfide) groups is 1. The number of carbonyl (C=O) groups excluding carboxylic acids is 2. The zero-order chi connectivity index (χ0) is 20.0. The third kappa shape index (κ3) is 6.53. The monoisotopic (exact) mass is 413 g/mol. The summed E-state index contributed by atoms with van der Waals surface area (Å²) in [6.45, 7) is 10.8. The molecular weight excluding hydrogens is 386 g/mol. The molecule has 0 bridgehead atoms. The predicted octanol–water partition coefficient (Wildman–Crippen LogP) is 2.44. The van der Waals surface area contributed by atoms with Crippen LogP contribution < -0.4 is 10.2 Å². The lowest BCUT2D eigenvalue weighted by Crippen LogP contribution is -2.48. The standard InChI is InChI=1S/C18H28ClN5O2S/c1-5-17(26)24-8-6-23(7-9-24)15-10-14(19)21-18(22-15)27-11-16(25)20-13(4)12(2)3/h10,12-13H,5-9,11H2,1-4H3,(H,20,25)/t13-/m1/s1. The maximum Gasteiger partial charge on any atom is 0.230 e.